The predicted octanol–water partition coefficient (Wildman–Crippen LogP) is 2.71. The Morgan fingerprint density at radius 3 is 2.56 bits per heavy atom. The second-order valence-electron chi connectivity index (χ2n) is 7.23. The van der Waals surface area contributed by atoms with E-state index in [2.05, 4.69) is 17.4 Å². The minimum Gasteiger partial charge on any atom is -0.497 e. The molecular formula is C20H28N2O3. The van der Waals surface area contributed by atoms with Gasteiger partial charge in [-0.3, -0.25) is 9.59 Å². The van der Waals surface area contributed by atoms with Crippen LogP contribution in [0.15, 0.2) is 24.3 Å². The van der Waals surface area contributed by atoms with Crippen molar-refractivity contribution in [3.05, 3.63) is 29.8 Å². The third-order valence-electron chi connectivity index (χ3n) is 5.51. The summed E-state index contributed by atoms with van der Waals surface area (Å²) in [5, 5.41) is 2.81. The molecule has 0 radical (unpaired) electrons. The number of amides is 2. The molecule has 136 valence electrons. The highest BCUT2D eigenvalue weighted by Gasteiger charge is 2.27. The van der Waals surface area contributed by atoms with Gasteiger partial charge in [0.05, 0.1) is 13.7 Å². The minimum absolute atomic E-state index is 0.0196. The largest absolute Gasteiger partial charge is 0.497 e. The number of rotatable bonds is 6. The van der Waals surface area contributed by atoms with Crippen LogP contribution in [0.3, 0.4) is 0 Å². The Hall–Kier alpha value is -2.04. The van der Waals surface area contributed by atoms with E-state index in [4.69, 9.17) is 4.74 Å². The number of carbonyl (C=O) groups is 2. The van der Waals surface area contributed by atoms with Gasteiger partial charge in [-0.2, -0.15) is 0 Å². The van der Waals surface area contributed by atoms with Gasteiger partial charge < -0.3 is 15.0 Å². The summed E-state index contributed by atoms with van der Waals surface area (Å²) in [7, 11) is 1.66. The van der Waals surface area contributed by atoms with Gasteiger partial charge in [0.1, 0.15) is 5.75 Å². The number of likely N-dealkylation sites (tertiary alicyclic amines) is 1. The first-order valence-electron chi connectivity index (χ1n) is 9.34. The molecule has 2 amide bonds. The first-order chi connectivity index (χ1) is 12.2. The van der Waals surface area contributed by atoms with Gasteiger partial charge in [0.15, 0.2) is 0 Å². The number of hydrogen-bond acceptors (Lipinski definition) is 3. The zero-order chi connectivity index (χ0) is 17.6. The third kappa shape index (κ3) is 4.74. The van der Waals surface area contributed by atoms with Crippen LogP contribution in [0, 0.1) is 5.92 Å². The van der Waals surface area contributed by atoms with E-state index in [1.54, 1.807) is 7.11 Å². The first-order valence-corrected chi connectivity index (χ1v) is 9.34. The van der Waals surface area contributed by atoms with Crippen LogP contribution in [-0.2, 0) is 9.59 Å². The quantitative estimate of drug-likeness (QED) is 0.863. The molecule has 5 heteroatoms. The van der Waals surface area contributed by atoms with Crippen molar-refractivity contribution in [2.75, 3.05) is 26.7 Å². The molecule has 1 heterocycles. The molecule has 1 aliphatic heterocycles. The zero-order valence-corrected chi connectivity index (χ0v) is 15.0. The summed E-state index contributed by atoms with van der Waals surface area (Å²) in [6, 6.07) is 8.06. The van der Waals surface area contributed by atoms with E-state index >= 15 is 0 Å². The van der Waals surface area contributed by atoms with Crippen LogP contribution in [0.1, 0.15) is 50.0 Å². The summed E-state index contributed by atoms with van der Waals surface area (Å²) >= 11 is 0. The van der Waals surface area contributed by atoms with Gasteiger partial charge in [-0.25, -0.2) is 0 Å². The number of ether oxygens (including phenoxy) is 1. The number of nitrogens with zero attached hydrogens (tertiary/aromatic N) is 1. The van der Waals surface area contributed by atoms with E-state index < -0.39 is 0 Å². The maximum atomic E-state index is 12.4. The van der Waals surface area contributed by atoms with Crippen molar-refractivity contribution in [2.24, 2.45) is 5.92 Å². The maximum absolute atomic E-state index is 12.4. The van der Waals surface area contributed by atoms with Crippen LogP contribution in [-0.4, -0.2) is 43.5 Å². The van der Waals surface area contributed by atoms with Crippen molar-refractivity contribution in [1.82, 2.24) is 10.2 Å². The molecule has 1 aliphatic carbocycles. The SMILES string of the molecule is COc1ccc(C2CCN(C(=O)CNC(=O)CC3CCCC3)C2)cc1. The van der Waals surface area contributed by atoms with Crippen molar-refractivity contribution >= 4 is 11.8 Å². The van der Waals surface area contributed by atoms with Crippen molar-refractivity contribution in [3.8, 4) is 5.75 Å². The highest BCUT2D eigenvalue weighted by molar-refractivity contribution is 5.85. The Bertz CT molecular complexity index is 593. The monoisotopic (exact) mass is 344 g/mol. The normalized spacial score (nSPS) is 20.7. The number of methoxy groups -OCH3 is 1. The van der Waals surface area contributed by atoms with Crippen LogP contribution in [0.4, 0.5) is 0 Å². The average Bonchev–Trinajstić information content (AvgIpc) is 3.31. The molecule has 0 spiro atoms. The molecule has 1 atom stereocenters. The lowest BCUT2D eigenvalue weighted by Gasteiger charge is -2.17. The molecule has 25 heavy (non-hydrogen) atoms. The number of hydrogen-bond donors (Lipinski definition) is 1. The van der Waals surface area contributed by atoms with Gasteiger partial charge in [-0.15, -0.1) is 0 Å². The van der Waals surface area contributed by atoms with E-state index in [9.17, 15) is 9.59 Å². The molecule has 2 fully saturated rings. The molecule has 1 N–H and O–H groups in total. The fraction of sp³-hybridized carbons (Fsp3) is 0.600. The standard InChI is InChI=1S/C20H28N2O3/c1-25-18-8-6-16(7-9-18)17-10-11-22(14-17)20(24)13-21-19(23)12-15-4-2-3-5-15/h6-9,15,17H,2-5,10-14H2,1H3,(H,21,23). The Labute approximate surface area is 149 Å². The summed E-state index contributed by atoms with van der Waals surface area (Å²) in [5.74, 6) is 1.77. The summed E-state index contributed by atoms with van der Waals surface area (Å²) in [4.78, 5) is 26.2. The molecule has 5 nitrogen and oxygen atoms in total. The summed E-state index contributed by atoms with van der Waals surface area (Å²) in [5.41, 5.74) is 1.24. The summed E-state index contributed by atoms with van der Waals surface area (Å²) in [6.07, 6.45) is 6.30. The highest BCUT2D eigenvalue weighted by atomic mass is 16.5. The van der Waals surface area contributed by atoms with E-state index in [1.807, 2.05) is 17.0 Å². The molecule has 1 saturated heterocycles. The third-order valence-corrected chi connectivity index (χ3v) is 5.51. The Morgan fingerprint density at radius 2 is 1.88 bits per heavy atom. The second-order valence-corrected chi connectivity index (χ2v) is 7.23. The predicted molar refractivity (Wildman–Crippen MR) is 96.5 cm³/mol. The lowest BCUT2D eigenvalue weighted by atomic mass is 9.98. The van der Waals surface area contributed by atoms with Crippen molar-refractivity contribution < 1.29 is 14.3 Å². The molecule has 0 aromatic heterocycles. The summed E-state index contributed by atoms with van der Waals surface area (Å²) in [6.45, 7) is 1.61. The molecule has 1 aromatic carbocycles. The van der Waals surface area contributed by atoms with Crippen LogP contribution in [0.5, 0.6) is 5.75 Å². The van der Waals surface area contributed by atoms with Gasteiger partial charge in [0, 0.05) is 25.4 Å². The van der Waals surface area contributed by atoms with Crippen LogP contribution < -0.4 is 10.1 Å². The lowest BCUT2D eigenvalue weighted by molar-refractivity contribution is -0.132. The number of nitrogens with one attached hydrogen (secondary N) is 1. The van der Waals surface area contributed by atoms with Crippen molar-refractivity contribution in [1.29, 1.82) is 0 Å². The highest BCUT2D eigenvalue weighted by Crippen LogP contribution is 2.29. The molecular weight excluding hydrogens is 316 g/mol. The van der Waals surface area contributed by atoms with E-state index in [0.29, 0.717) is 18.3 Å². The van der Waals surface area contributed by atoms with Gasteiger partial charge in [0.2, 0.25) is 11.8 Å². The Balaban J connectivity index is 1.43. The molecule has 2 aliphatic rings. The molecule has 1 aromatic rings. The molecule has 3 rings (SSSR count). The topological polar surface area (TPSA) is 58.6 Å². The minimum atomic E-state index is 0.0196. The van der Waals surface area contributed by atoms with Gasteiger partial charge in [-0.1, -0.05) is 25.0 Å². The maximum Gasteiger partial charge on any atom is 0.241 e. The van der Waals surface area contributed by atoms with Gasteiger partial charge >= 0.3 is 0 Å². The zero-order valence-electron chi connectivity index (χ0n) is 15.0. The molecule has 0 bridgehead atoms. The van der Waals surface area contributed by atoms with E-state index in [0.717, 1.165) is 38.1 Å². The Kier molecular flexibility index (Phi) is 5.95. The van der Waals surface area contributed by atoms with Crippen LogP contribution in [0.25, 0.3) is 0 Å². The fourth-order valence-electron chi connectivity index (χ4n) is 3.97. The molecule has 1 unspecified atom stereocenters. The number of carbonyl (C=O) groups excluding carboxylic acids is 2. The fourth-order valence-corrected chi connectivity index (χ4v) is 3.97. The second kappa shape index (κ2) is 8.37. The first kappa shape index (κ1) is 17.8. The van der Waals surface area contributed by atoms with E-state index in [-0.39, 0.29) is 18.4 Å². The van der Waals surface area contributed by atoms with Crippen LogP contribution in [0.2, 0.25) is 0 Å². The van der Waals surface area contributed by atoms with Gasteiger partial charge in [-0.05, 0) is 42.9 Å². The van der Waals surface area contributed by atoms with E-state index in [1.165, 1.54) is 18.4 Å². The lowest BCUT2D eigenvalue weighted by Crippen LogP contribution is -2.39. The van der Waals surface area contributed by atoms with Crippen molar-refractivity contribution in [3.63, 3.8) is 0 Å². The average molecular weight is 344 g/mol. The van der Waals surface area contributed by atoms with Crippen molar-refractivity contribution in [2.45, 2.75) is 44.4 Å². The number of benzene rings is 1. The Morgan fingerprint density at radius 1 is 1.16 bits per heavy atom. The molecule has 1 saturated carbocycles. The van der Waals surface area contributed by atoms with Crippen LogP contribution >= 0.6 is 0 Å². The van der Waals surface area contributed by atoms with Gasteiger partial charge in [0.25, 0.3) is 0 Å². The smallest absolute Gasteiger partial charge is 0.241 e. The summed E-state index contributed by atoms with van der Waals surface area (Å²) < 4.78 is 5.19.